The van der Waals surface area contributed by atoms with Gasteiger partial charge in [0.15, 0.2) is 16.5 Å². The second-order valence-corrected chi connectivity index (χ2v) is 5.71. The molecule has 104 valence electrons. The highest BCUT2D eigenvalue weighted by Crippen LogP contribution is 2.32. The molecule has 0 aliphatic carbocycles. The summed E-state index contributed by atoms with van der Waals surface area (Å²) in [5, 5.41) is 1.85. The molecular formula is C12H8BrF2N3OS. The van der Waals surface area contributed by atoms with E-state index in [9.17, 15) is 8.78 Å². The number of fused-ring (bicyclic) bond motifs is 1. The number of hydrogen-bond donors (Lipinski definition) is 1. The Morgan fingerprint density at radius 2 is 2.20 bits per heavy atom. The molecular weight excluding hydrogens is 352 g/mol. The normalized spacial score (nSPS) is 11.2. The lowest BCUT2D eigenvalue weighted by atomic mass is 10.3. The Hall–Kier alpha value is -1.51. The fraction of sp³-hybridized carbons (Fsp3) is 0.0833. The zero-order valence-electron chi connectivity index (χ0n) is 9.94. The number of benzene rings is 1. The average Bonchev–Trinajstić information content (AvgIpc) is 2.95. The maximum Gasteiger partial charge on any atom is 0.243 e. The molecule has 0 aliphatic heterocycles. The minimum atomic E-state index is -1.06. The lowest BCUT2D eigenvalue weighted by Crippen LogP contribution is -2.02. The number of ether oxygens (including phenoxy) is 1. The highest BCUT2D eigenvalue weighted by molar-refractivity contribution is 9.10. The van der Waals surface area contributed by atoms with Gasteiger partial charge in [-0.3, -0.25) is 4.40 Å². The van der Waals surface area contributed by atoms with Crippen LogP contribution in [0.4, 0.5) is 8.78 Å². The molecule has 0 bridgehead atoms. The second kappa shape index (κ2) is 5.12. The number of nitrogens with two attached hydrogens (primary N) is 1. The summed E-state index contributed by atoms with van der Waals surface area (Å²) in [6, 6.07) is 2.37. The van der Waals surface area contributed by atoms with E-state index in [4.69, 9.17) is 10.5 Å². The molecule has 0 radical (unpaired) electrons. The first kappa shape index (κ1) is 13.5. The predicted molar refractivity (Wildman–Crippen MR) is 75.1 cm³/mol. The predicted octanol–water partition coefficient (Wildman–Crippen LogP) is 3.69. The van der Waals surface area contributed by atoms with Gasteiger partial charge in [0.05, 0.1) is 0 Å². The molecule has 2 heterocycles. The van der Waals surface area contributed by atoms with Crippen molar-refractivity contribution >= 4 is 32.2 Å². The number of imidazole rings is 1. The van der Waals surface area contributed by atoms with Gasteiger partial charge in [0.1, 0.15) is 5.69 Å². The van der Waals surface area contributed by atoms with Gasteiger partial charge in [-0.15, -0.1) is 11.3 Å². The van der Waals surface area contributed by atoms with Crippen LogP contribution in [0.3, 0.4) is 0 Å². The molecule has 2 N–H and O–H groups in total. The summed E-state index contributed by atoms with van der Waals surface area (Å²) in [6.07, 6.45) is 1.79. The van der Waals surface area contributed by atoms with Gasteiger partial charge in [0, 0.05) is 22.6 Å². The summed E-state index contributed by atoms with van der Waals surface area (Å²) < 4.78 is 34.6. The summed E-state index contributed by atoms with van der Waals surface area (Å²) in [4.78, 5) is 4.89. The third kappa shape index (κ3) is 2.19. The van der Waals surface area contributed by atoms with Gasteiger partial charge in [0.25, 0.3) is 0 Å². The molecule has 2 aromatic heterocycles. The van der Waals surface area contributed by atoms with Crippen LogP contribution in [0.25, 0.3) is 4.96 Å². The van der Waals surface area contributed by atoms with Crippen molar-refractivity contribution in [3.63, 3.8) is 0 Å². The molecule has 3 rings (SSSR count). The molecule has 0 atom stereocenters. The zero-order valence-corrected chi connectivity index (χ0v) is 12.3. The molecule has 20 heavy (non-hydrogen) atoms. The Bertz CT molecular complexity index is 786. The van der Waals surface area contributed by atoms with Crippen molar-refractivity contribution in [1.29, 1.82) is 0 Å². The molecule has 8 heteroatoms. The first-order valence-electron chi connectivity index (χ1n) is 5.57. The number of nitrogens with zero attached hydrogens (tertiary/aromatic N) is 2. The van der Waals surface area contributed by atoms with E-state index < -0.39 is 11.6 Å². The largest absolute Gasteiger partial charge is 0.434 e. The van der Waals surface area contributed by atoms with Crippen molar-refractivity contribution in [2.24, 2.45) is 5.73 Å². The van der Waals surface area contributed by atoms with Crippen LogP contribution in [0.15, 0.2) is 28.2 Å². The van der Waals surface area contributed by atoms with Crippen LogP contribution in [-0.4, -0.2) is 9.38 Å². The van der Waals surface area contributed by atoms with E-state index in [1.54, 1.807) is 10.6 Å². The van der Waals surface area contributed by atoms with E-state index >= 15 is 0 Å². The second-order valence-electron chi connectivity index (χ2n) is 3.93. The Morgan fingerprint density at radius 1 is 1.40 bits per heavy atom. The van der Waals surface area contributed by atoms with Crippen molar-refractivity contribution in [3.8, 4) is 11.6 Å². The third-order valence-corrected chi connectivity index (χ3v) is 3.90. The molecule has 0 saturated heterocycles. The Morgan fingerprint density at radius 3 is 2.95 bits per heavy atom. The number of aromatic nitrogens is 2. The smallest absolute Gasteiger partial charge is 0.243 e. The first-order valence-corrected chi connectivity index (χ1v) is 7.24. The van der Waals surface area contributed by atoms with Gasteiger partial charge < -0.3 is 10.5 Å². The van der Waals surface area contributed by atoms with Crippen molar-refractivity contribution in [3.05, 3.63) is 45.5 Å². The Labute approximate surface area is 124 Å². The highest BCUT2D eigenvalue weighted by atomic mass is 79.9. The molecule has 0 spiro atoms. The SMILES string of the molecule is NCc1c(Oc2cc(Br)cc(F)c2F)nc2sccn12. The van der Waals surface area contributed by atoms with Crippen LogP contribution in [0.2, 0.25) is 0 Å². The maximum absolute atomic E-state index is 13.7. The summed E-state index contributed by atoms with van der Waals surface area (Å²) >= 11 is 4.49. The molecule has 0 saturated carbocycles. The van der Waals surface area contributed by atoms with E-state index in [1.165, 1.54) is 17.4 Å². The topological polar surface area (TPSA) is 52.5 Å². The van der Waals surface area contributed by atoms with E-state index in [1.807, 2.05) is 5.38 Å². The van der Waals surface area contributed by atoms with Crippen LogP contribution in [0.1, 0.15) is 5.69 Å². The number of rotatable bonds is 3. The van der Waals surface area contributed by atoms with E-state index in [-0.39, 0.29) is 18.2 Å². The van der Waals surface area contributed by atoms with Gasteiger partial charge in [-0.25, -0.2) is 4.39 Å². The standard InChI is InChI=1S/C12H8BrF2N3OS/c13-6-3-7(14)10(15)9(4-6)19-11-8(5-16)18-1-2-20-12(18)17-11/h1-4H,5,16H2. The van der Waals surface area contributed by atoms with Crippen LogP contribution in [0.5, 0.6) is 11.6 Å². The molecule has 0 amide bonds. The van der Waals surface area contributed by atoms with E-state index in [0.717, 1.165) is 6.07 Å². The van der Waals surface area contributed by atoms with Crippen molar-refractivity contribution in [2.75, 3.05) is 0 Å². The number of hydrogen-bond acceptors (Lipinski definition) is 4. The van der Waals surface area contributed by atoms with Gasteiger partial charge in [-0.2, -0.15) is 9.37 Å². The maximum atomic E-state index is 13.7. The molecule has 0 aliphatic rings. The van der Waals surface area contributed by atoms with Gasteiger partial charge in [-0.05, 0) is 12.1 Å². The fourth-order valence-electron chi connectivity index (χ4n) is 1.79. The van der Waals surface area contributed by atoms with Crippen LogP contribution < -0.4 is 10.5 Å². The minimum absolute atomic E-state index is 0.172. The number of halogens is 3. The quantitative estimate of drug-likeness (QED) is 0.725. The fourth-order valence-corrected chi connectivity index (χ4v) is 2.92. The molecule has 0 fully saturated rings. The zero-order chi connectivity index (χ0) is 14.3. The average molecular weight is 360 g/mol. The molecule has 3 aromatic rings. The monoisotopic (exact) mass is 359 g/mol. The summed E-state index contributed by atoms with van der Waals surface area (Å²) in [5.41, 5.74) is 6.26. The summed E-state index contributed by atoms with van der Waals surface area (Å²) in [6.45, 7) is 0.172. The third-order valence-electron chi connectivity index (χ3n) is 2.68. The van der Waals surface area contributed by atoms with Crippen LogP contribution in [-0.2, 0) is 6.54 Å². The lowest BCUT2D eigenvalue weighted by Gasteiger charge is -2.07. The number of thiazole rings is 1. The summed E-state index contributed by atoms with van der Waals surface area (Å²) in [5.74, 6) is -2.12. The Kier molecular flexibility index (Phi) is 3.45. The first-order chi connectivity index (χ1) is 9.60. The van der Waals surface area contributed by atoms with Crippen molar-refractivity contribution in [2.45, 2.75) is 6.54 Å². The van der Waals surface area contributed by atoms with Gasteiger partial charge >= 0.3 is 0 Å². The van der Waals surface area contributed by atoms with E-state index in [0.29, 0.717) is 15.1 Å². The van der Waals surface area contributed by atoms with Crippen molar-refractivity contribution < 1.29 is 13.5 Å². The van der Waals surface area contributed by atoms with Gasteiger partial charge in [0.2, 0.25) is 11.7 Å². The molecule has 0 unspecified atom stereocenters. The van der Waals surface area contributed by atoms with Crippen LogP contribution >= 0.6 is 27.3 Å². The van der Waals surface area contributed by atoms with E-state index in [2.05, 4.69) is 20.9 Å². The van der Waals surface area contributed by atoms with Gasteiger partial charge in [-0.1, -0.05) is 15.9 Å². The minimum Gasteiger partial charge on any atom is -0.434 e. The summed E-state index contributed by atoms with van der Waals surface area (Å²) in [7, 11) is 0. The van der Waals surface area contributed by atoms with Crippen molar-refractivity contribution in [1.82, 2.24) is 9.38 Å². The molecule has 1 aromatic carbocycles. The Balaban J connectivity index is 2.07. The van der Waals surface area contributed by atoms with Crippen LogP contribution in [0, 0.1) is 11.6 Å². The molecule has 4 nitrogen and oxygen atoms in total. The lowest BCUT2D eigenvalue weighted by molar-refractivity contribution is 0.403. The highest BCUT2D eigenvalue weighted by Gasteiger charge is 2.18.